The van der Waals surface area contributed by atoms with Crippen LogP contribution < -0.4 is 5.32 Å². The fourth-order valence-corrected chi connectivity index (χ4v) is 3.79. The molecule has 1 N–H and O–H groups in total. The zero-order chi connectivity index (χ0) is 15.3. The molecule has 110 valence electrons. The van der Waals surface area contributed by atoms with E-state index >= 15 is 0 Å². The van der Waals surface area contributed by atoms with E-state index < -0.39 is 0 Å². The molecule has 21 heavy (non-hydrogen) atoms. The molecule has 0 spiro atoms. The van der Waals surface area contributed by atoms with Gasteiger partial charge in [-0.05, 0) is 50.1 Å². The molecule has 0 amide bonds. The lowest BCUT2D eigenvalue weighted by atomic mass is 10.0. The van der Waals surface area contributed by atoms with Gasteiger partial charge in [-0.2, -0.15) is 0 Å². The molecule has 0 radical (unpaired) electrons. The molecule has 0 saturated heterocycles. The lowest BCUT2D eigenvalue weighted by Gasteiger charge is -2.24. The van der Waals surface area contributed by atoms with Crippen molar-refractivity contribution in [2.75, 3.05) is 5.32 Å². The molecule has 1 heterocycles. The first-order valence-corrected chi connectivity index (χ1v) is 8.19. The smallest absolute Gasteiger partial charge is 0.138 e. The Morgan fingerprint density at radius 1 is 1.29 bits per heavy atom. The van der Waals surface area contributed by atoms with E-state index in [2.05, 4.69) is 36.3 Å². The molecule has 2 aromatic rings. The average molecular weight is 337 g/mol. The first-order valence-electron chi connectivity index (χ1n) is 6.59. The second kappa shape index (κ2) is 7.25. The second-order valence-electron chi connectivity index (χ2n) is 5.32. The van der Waals surface area contributed by atoms with Crippen LogP contribution in [0, 0.1) is 0 Å². The van der Waals surface area contributed by atoms with Gasteiger partial charge in [-0.25, -0.2) is 0 Å². The van der Waals surface area contributed by atoms with Crippen LogP contribution in [0.2, 0.25) is 5.02 Å². The molecule has 0 aliphatic carbocycles. The van der Waals surface area contributed by atoms with E-state index in [9.17, 15) is 0 Å². The third-order valence-electron chi connectivity index (χ3n) is 2.82. The van der Waals surface area contributed by atoms with Crippen molar-refractivity contribution in [2.24, 2.45) is 0 Å². The number of benzene rings is 1. The maximum absolute atomic E-state index is 5.92. The number of nitrogens with one attached hydrogen (secondary N) is 1. The van der Waals surface area contributed by atoms with E-state index in [1.54, 1.807) is 24.2 Å². The van der Waals surface area contributed by atoms with E-state index in [4.69, 9.17) is 23.8 Å². The third kappa shape index (κ3) is 5.65. The Morgan fingerprint density at radius 2 is 2.00 bits per heavy atom. The normalized spacial score (nSPS) is 11.2. The number of rotatable bonds is 4. The monoisotopic (exact) mass is 336 g/mol. The van der Waals surface area contributed by atoms with Gasteiger partial charge in [-0.1, -0.05) is 47.7 Å². The van der Waals surface area contributed by atoms with Crippen LogP contribution in [0.3, 0.4) is 0 Å². The van der Waals surface area contributed by atoms with Crippen molar-refractivity contribution in [1.82, 2.24) is 4.98 Å². The maximum Gasteiger partial charge on any atom is 0.138 e. The molecular weight excluding hydrogens is 320 g/mol. The minimum absolute atomic E-state index is 0.000121. The van der Waals surface area contributed by atoms with Crippen molar-refractivity contribution in [3.8, 4) is 0 Å². The van der Waals surface area contributed by atoms with Crippen molar-refractivity contribution in [2.45, 2.75) is 25.0 Å². The van der Waals surface area contributed by atoms with Crippen LogP contribution in [-0.2, 0) is 6.42 Å². The summed E-state index contributed by atoms with van der Waals surface area (Å²) < 4.78 is 0.752. The number of hydrogen-bond donors (Lipinski definition) is 1. The maximum atomic E-state index is 5.92. The highest BCUT2D eigenvalue weighted by molar-refractivity contribution is 8.24. The molecule has 0 aliphatic heterocycles. The Labute approximate surface area is 140 Å². The Morgan fingerprint density at radius 3 is 2.62 bits per heavy atom. The standard InChI is InChI=1S/C16H17ClN2S2/c1-16(2,10-12-5-7-13(17)8-6-12)21-15(20)19-14-4-3-9-18-11-14/h3-9,11H,10H2,1-2H3,(H,19,20). The van der Waals surface area contributed by atoms with Crippen molar-refractivity contribution in [3.05, 3.63) is 59.4 Å². The van der Waals surface area contributed by atoms with Gasteiger partial charge in [-0.3, -0.25) is 4.98 Å². The minimum Gasteiger partial charge on any atom is -0.340 e. The van der Waals surface area contributed by atoms with Gasteiger partial charge in [0.1, 0.15) is 4.32 Å². The van der Waals surface area contributed by atoms with Crippen molar-refractivity contribution in [3.63, 3.8) is 0 Å². The summed E-state index contributed by atoms with van der Waals surface area (Å²) in [5, 5.41) is 3.97. The van der Waals surface area contributed by atoms with Crippen LogP contribution in [0.4, 0.5) is 5.69 Å². The topological polar surface area (TPSA) is 24.9 Å². The molecule has 5 heteroatoms. The molecule has 0 unspecified atom stereocenters. The molecule has 2 nitrogen and oxygen atoms in total. The van der Waals surface area contributed by atoms with Gasteiger partial charge >= 0.3 is 0 Å². The summed E-state index contributed by atoms with van der Waals surface area (Å²) in [5.41, 5.74) is 2.17. The number of thiocarbonyl (C=S) groups is 1. The number of nitrogens with zero attached hydrogens (tertiary/aromatic N) is 1. The predicted octanol–water partition coefficient (Wildman–Crippen LogP) is 5.19. The number of thioether (sulfide) groups is 1. The zero-order valence-electron chi connectivity index (χ0n) is 12.0. The van der Waals surface area contributed by atoms with Gasteiger partial charge in [0.15, 0.2) is 0 Å². The van der Waals surface area contributed by atoms with E-state index in [0.29, 0.717) is 0 Å². The average Bonchev–Trinajstić information content (AvgIpc) is 2.41. The molecule has 1 aromatic heterocycles. The summed E-state index contributed by atoms with van der Waals surface area (Å²) in [6.45, 7) is 4.37. The molecule has 1 aromatic carbocycles. The van der Waals surface area contributed by atoms with Gasteiger partial charge < -0.3 is 5.32 Å². The highest BCUT2D eigenvalue weighted by Crippen LogP contribution is 2.30. The number of anilines is 1. The fraction of sp³-hybridized carbons (Fsp3) is 0.250. The van der Waals surface area contributed by atoms with Crippen LogP contribution >= 0.6 is 35.6 Å². The van der Waals surface area contributed by atoms with Crippen LogP contribution in [0.5, 0.6) is 0 Å². The summed E-state index contributed by atoms with van der Waals surface area (Å²) in [5.74, 6) is 0. The van der Waals surface area contributed by atoms with E-state index in [0.717, 1.165) is 21.5 Å². The largest absolute Gasteiger partial charge is 0.340 e. The zero-order valence-corrected chi connectivity index (χ0v) is 14.4. The van der Waals surface area contributed by atoms with E-state index in [-0.39, 0.29) is 4.75 Å². The van der Waals surface area contributed by atoms with Crippen LogP contribution in [0.1, 0.15) is 19.4 Å². The quantitative estimate of drug-likeness (QED) is 0.777. The highest BCUT2D eigenvalue weighted by Gasteiger charge is 2.21. The van der Waals surface area contributed by atoms with Crippen LogP contribution in [0.25, 0.3) is 0 Å². The molecule has 0 fully saturated rings. The summed E-state index contributed by atoms with van der Waals surface area (Å²) in [4.78, 5) is 4.07. The molecule has 0 saturated carbocycles. The Hall–Kier alpha value is -1.10. The van der Waals surface area contributed by atoms with Crippen molar-refractivity contribution < 1.29 is 0 Å². The van der Waals surface area contributed by atoms with Crippen molar-refractivity contribution in [1.29, 1.82) is 0 Å². The minimum atomic E-state index is 0.000121. The summed E-state index contributed by atoms with van der Waals surface area (Å²) in [6.07, 6.45) is 4.43. The lowest BCUT2D eigenvalue weighted by molar-refractivity contribution is 0.712. The number of hydrogen-bond acceptors (Lipinski definition) is 3. The molecule has 2 rings (SSSR count). The van der Waals surface area contributed by atoms with Gasteiger partial charge in [0.25, 0.3) is 0 Å². The second-order valence-corrected chi connectivity index (χ2v) is 8.14. The first kappa shape index (κ1) is 16.3. The van der Waals surface area contributed by atoms with Gasteiger partial charge in [-0.15, -0.1) is 0 Å². The predicted molar refractivity (Wildman–Crippen MR) is 97.3 cm³/mol. The fourth-order valence-electron chi connectivity index (χ4n) is 1.96. The van der Waals surface area contributed by atoms with Gasteiger partial charge in [0.05, 0.1) is 11.9 Å². The number of halogens is 1. The number of aromatic nitrogens is 1. The summed E-state index contributed by atoms with van der Waals surface area (Å²) in [6, 6.07) is 11.8. The van der Waals surface area contributed by atoms with Crippen LogP contribution in [-0.4, -0.2) is 14.1 Å². The van der Waals surface area contributed by atoms with Crippen molar-refractivity contribution >= 4 is 45.6 Å². The molecule has 0 aliphatic rings. The third-order valence-corrected chi connectivity index (χ3v) is 4.41. The SMILES string of the molecule is CC(C)(Cc1ccc(Cl)cc1)SC(=S)Nc1cccnc1. The van der Waals surface area contributed by atoms with E-state index in [1.807, 2.05) is 24.3 Å². The van der Waals surface area contributed by atoms with Gasteiger partial charge in [0, 0.05) is 16.0 Å². The first-order chi connectivity index (χ1) is 9.94. The summed E-state index contributed by atoms with van der Waals surface area (Å²) >= 11 is 13.0. The van der Waals surface area contributed by atoms with E-state index in [1.165, 1.54) is 5.56 Å². The molecular formula is C16H17ClN2S2. The Bertz CT molecular complexity index is 597. The van der Waals surface area contributed by atoms with Crippen LogP contribution in [0.15, 0.2) is 48.8 Å². The number of pyridine rings is 1. The Balaban J connectivity index is 1.93. The molecule has 0 atom stereocenters. The molecule has 0 bridgehead atoms. The Kier molecular flexibility index (Phi) is 5.62. The summed E-state index contributed by atoms with van der Waals surface area (Å²) in [7, 11) is 0. The highest BCUT2D eigenvalue weighted by atomic mass is 35.5. The lowest BCUT2D eigenvalue weighted by Crippen LogP contribution is -2.23. The van der Waals surface area contributed by atoms with Gasteiger partial charge in [0.2, 0.25) is 0 Å².